The first-order valence-electron chi connectivity index (χ1n) is 11.8. The van der Waals surface area contributed by atoms with Crippen molar-refractivity contribution in [3.05, 3.63) is 102 Å². The van der Waals surface area contributed by atoms with Crippen molar-refractivity contribution in [1.82, 2.24) is 19.7 Å². The van der Waals surface area contributed by atoms with Crippen LogP contribution in [-0.4, -0.2) is 19.7 Å². The summed E-state index contributed by atoms with van der Waals surface area (Å²) >= 11 is 1.69. The summed E-state index contributed by atoms with van der Waals surface area (Å²) in [7, 11) is 0. The summed E-state index contributed by atoms with van der Waals surface area (Å²) in [6.45, 7) is 9.10. The molecular formula is C29H30N4OS. The van der Waals surface area contributed by atoms with Gasteiger partial charge in [0.1, 0.15) is 12.4 Å². The van der Waals surface area contributed by atoms with Crippen molar-refractivity contribution in [2.75, 3.05) is 0 Å². The van der Waals surface area contributed by atoms with E-state index in [0.717, 1.165) is 33.7 Å². The number of thioether (sulfide) groups is 1. The number of aryl methyl sites for hydroxylation is 1. The molecule has 3 aromatic carbocycles. The van der Waals surface area contributed by atoms with Gasteiger partial charge in [-0.1, -0.05) is 81.1 Å². The van der Waals surface area contributed by atoms with Crippen LogP contribution in [-0.2, 0) is 17.8 Å². The van der Waals surface area contributed by atoms with Crippen molar-refractivity contribution in [3.63, 3.8) is 0 Å². The number of aromatic nitrogens is 4. The van der Waals surface area contributed by atoms with E-state index in [1.807, 2.05) is 30.3 Å². The molecule has 0 saturated carbocycles. The lowest BCUT2D eigenvalue weighted by molar-refractivity contribution is 0.292. The van der Waals surface area contributed by atoms with Crippen molar-refractivity contribution < 1.29 is 4.74 Å². The van der Waals surface area contributed by atoms with Gasteiger partial charge in [0.05, 0.1) is 0 Å². The first kappa shape index (κ1) is 23.2. The largest absolute Gasteiger partial charge is 0.486 e. The van der Waals surface area contributed by atoms with Gasteiger partial charge in [0.2, 0.25) is 0 Å². The first-order valence-corrected chi connectivity index (χ1v) is 12.8. The Morgan fingerprint density at radius 2 is 1.60 bits per heavy atom. The van der Waals surface area contributed by atoms with E-state index in [1.165, 1.54) is 22.2 Å². The lowest BCUT2D eigenvalue weighted by Crippen LogP contribution is -2.10. The van der Waals surface area contributed by atoms with Crippen molar-refractivity contribution in [1.29, 1.82) is 0 Å². The molecule has 35 heavy (non-hydrogen) atoms. The second-order valence-corrected chi connectivity index (χ2v) is 10.6. The maximum atomic E-state index is 6.12. The molecule has 0 aliphatic rings. The molecule has 5 rings (SSSR count). The summed E-state index contributed by atoms with van der Waals surface area (Å²) in [5, 5.41) is 11.2. The number of benzene rings is 3. The fourth-order valence-corrected chi connectivity index (χ4v) is 5.26. The molecule has 0 bridgehead atoms. The van der Waals surface area contributed by atoms with Gasteiger partial charge in [0.15, 0.2) is 11.0 Å². The van der Waals surface area contributed by atoms with Gasteiger partial charge in [0.25, 0.3) is 0 Å². The van der Waals surface area contributed by atoms with Crippen LogP contribution >= 0.6 is 11.8 Å². The van der Waals surface area contributed by atoms with E-state index in [-0.39, 0.29) is 5.41 Å². The molecule has 2 aromatic heterocycles. The summed E-state index contributed by atoms with van der Waals surface area (Å²) in [6.07, 6.45) is 0. The van der Waals surface area contributed by atoms with Gasteiger partial charge in [-0.15, -0.1) is 10.2 Å². The highest BCUT2D eigenvalue weighted by Crippen LogP contribution is 2.31. The van der Waals surface area contributed by atoms with E-state index < -0.39 is 0 Å². The van der Waals surface area contributed by atoms with E-state index in [4.69, 9.17) is 4.74 Å². The van der Waals surface area contributed by atoms with Gasteiger partial charge < -0.3 is 9.72 Å². The van der Waals surface area contributed by atoms with Crippen molar-refractivity contribution in [3.8, 4) is 11.4 Å². The second-order valence-electron chi connectivity index (χ2n) is 9.70. The zero-order valence-corrected chi connectivity index (χ0v) is 21.4. The summed E-state index contributed by atoms with van der Waals surface area (Å²) in [6, 6.07) is 27.0. The quantitative estimate of drug-likeness (QED) is 0.249. The maximum Gasteiger partial charge on any atom is 0.196 e. The molecule has 0 fully saturated rings. The van der Waals surface area contributed by atoms with Crippen LogP contribution in [0.15, 0.2) is 84.0 Å². The fraction of sp³-hybridized carbons (Fsp3) is 0.241. The number of nitrogens with one attached hydrogen (secondary N) is 1. The highest BCUT2D eigenvalue weighted by atomic mass is 32.2. The van der Waals surface area contributed by atoms with Gasteiger partial charge in [0, 0.05) is 28.0 Å². The van der Waals surface area contributed by atoms with Gasteiger partial charge in [-0.05, 0) is 53.8 Å². The second kappa shape index (κ2) is 9.62. The molecule has 178 valence electrons. The molecule has 1 N–H and O–H groups in total. The Labute approximate surface area is 210 Å². The molecule has 6 heteroatoms. The molecule has 0 atom stereocenters. The Hall–Kier alpha value is -3.51. The minimum atomic E-state index is 0.112. The minimum absolute atomic E-state index is 0.112. The Morgan fingerprint density at radius 3 is 2.34 bits per heavy atom. The van der Waals surface area contributed by atoms with E-state index in [1.54, 1.807) is 11.8 Å². The standard InChI is InChI=1S/C29H30N4OS/c1-20-25(24-12-8-9-13-26(24)30-20)19-35-28-32-31-27(33(28)22-10-6-5-7-11-22)18-34-23-16-14-21(15-17-23)29(2,3)4/h5-17,30H,18-19H2,1-4H3. The Kier molecular flexibility index (Phi) is 6.39. The van der Waals surface area contributed by atoms with Crippen molar-refractivity contribution >= 4 is 22.7 Å². The number of fused-ring (bicyclic) bond motifs is 1. The zero-order chi connectivity index (χ0) is 24.4. The smallest absolute Gasteiger partial charge is 0.196 e. The predicted molar refractivity (Wildman–Crippen MR) is 143 cm³/mol. The molecule has 0 radical (unpaired) electrons. The molecule has 0 unspecified atom stereocenters. The molecule has 0 saturated heterocycles. The van der Waals surface area contributed by atoms with Crippen LogP contribution in [0.5, 0.6) is 5.75 Å². The summed E-state index contributed by atoms with van der Waals surface area (Å²) < 4.78 is 8.22. The van der Waals surface area contributed by atoms with Crippen LogP contribution < -0.4 is 4.74 Å². The lowest BCUT2D eigenvalue weighted by Gasteiger charge is -2.19. The number of para-hydroxylation sites is 2. The number of ether oxygens (including phenoxy) is 1. The highest BCUT2D eigenvalue weighted by Gasteiger charge is 2.18. The van der Waals surface area contributed by atoms with Crippen LogP contribution in [0, 0.1) is 6.92 Å². The van der Waals surface area contributed by atoms with Crippen LogP contribution in [0.3, 0.4) is 0 Å². The third kappa shape index (κ3) is 4.98. The minimum Gasteiger partial charge on any atom is -0.486 e. The maximum absolute atomic E-state index is 6.12. The molecule has 0 aliphatic carbocycles. The highest BCUT2D eigenvalue weighted by molar-refractivity contribution is 7.98. The molecule has 0 amide bonds. The van der Waals surface area contributed by atoms with Crippen LogP contribution in [0.4, 0.5) is 0 Å². The van der Waals surface area contributed by atoms with Gasteiger partial charge >= 0.3 is 0 Å². The Morgan fingerprint density at radius 1 is 0.886 bits per heavy atom. The van der Waals surface area contributed by atoms with E-state index in [0.29, 0.717) is 6.61 Å². The number of hydrogen-bond donors (Lipinski definition) is 1. The van der Waals surface area contributed by atoms with Crippen LogP contribution in [0.2, 0.25) is 0 Å². The van der Waals surface area contributed by atoms with Gasteiger partial charge in [-0.2, -0.15) is 0 Å². The fourth-order valence-electron chi connectivity index (χ4n) is 4.18. The van der Waals surface area contributed by atoms with Gasteiger partial charge in [-0.3, -0.25) is 4.57 Å². The number of hydrogen-bond acceptors (Lipinski definition) is 4. The molecule has 5 nitrogen and oxygen atoms in total. The summed E-state index contributed by atoms with van der Waals surface area (Å²) in [5.41, 5.74) is 6.07. The van der Waals surface area contributed by atoms with Crippen LogP contribution in [0.25, 0.3) is 16.6 Å². The Balaban J connectivity index is 1.39. The van der Waals surface area contributed by atoms with Gasteiger partial charge in [-0.25, -0.2) is 0 Å². The molecular weight excluding hydrogens is 452 g/mol. The Bertz CT molecular complexity index is 1430. The van der Waals surface area contributed by atoms with Crippen molar-refractivity contribution in [2.24, 2.45) is 0 Å². The molecule has 0 spiro atoms. The SMILES string of the molecule is Cc1[nH]c2ccccc2c1CSc1nnc(COc2ccc(C(C)(C)C)cc2)n1-c1ccccc1. The zero-order valence-electron chi connectivity index (χ0n) is 20.6. The number of rotatable bonds is 7. The third-order valence-electron chi connectivity index (χ3n) is 6.18. The first-order chi connectivity index (χ1) is 16.9. The van der Waals surface area contributed by atoms with Crippen molar-refractivity contribution in [2.45, 2.75) is 50.6 Å². The number of aromatic amines is 1. The molecule has 0 aliphatic heterocycles. The number of H-pyrrole nitrogens is 1. The lowest BCUT2D eigenvalue weighted by atomic mass is 9.87. The average Bonchev–Trinajstić information content (AvgIpc) is 3.41. The van der Waals surface area contributed by atoms with E-state index in [9.17, 15) is 0 Å². The predicted octanol–water partition coefficient (Wildman–Crippen LogP) is 7.23. The number of nitrogens with zero attached hydrogens (tertiary/aromatic N) is 3. The van der Waals surface area contributed by atoms with E-state index in [2.05, 4.69) is 96.0 Å². The topological polar surface area (TPSA) is 55.7 Å². The van der Waals surface area contributed by atoms with Crippen LogP contribution in [0.1, 0.15) is 43.4 Å². The third-order valence-corrected chi connectivity index (χ3v) is 7.13. The normalized spacial score (nSPS) is 11.8. The molecule has 2 heterocycles. The summed E-state index contributed by atoms with van der Waals surface area (Å²) in [4.78, 5) is 3.49. The average molecular weight is 483 g/mol. The summed E-state index contributed by atoms with van der Waals surface area (Å²) in [5.74, 6) is 2.40. The molecule has 5 aromatic rings. The van der Waals surface area contributed by atoms with E-state index >= 15 is 0 Å². The monoisotopic (exact) mass is 482 g/mol.